The lowest BCUT2D eigenvalue weighted by Crippen LogP contribution is -2.32. The molecule has 1 N–H and O–H groups in total. The standard InChI is InChI=1S/C29H27N3O2S/c1-20-12-14-24(15-13-20)32-28(34)26(18-23-11-7-6-8-21(23)2)35-29(32)25(19-30)27(33)31-17-16-22-9-4-3-5-10-22/h3-15,26H,16-18H2,1-2H3,(H,31,33)/b29-25+/t26-/m0/s1. The number of benzene rings is 3. The van der Waals surface area contributed by atoms with Crippen LogP contribution < -0.4 is 10.2 Å². The highest BCUT2D eigenvalue weighted by atomic mass is 32.2. The quantitative estimate of drug-likeness (QED) is 0.377. The van der Waals surface area contributed by atoms with Gasteiger partial charge in [-0.25, -0.2) is 0 Å². The molecule has 6 heteroatoms. The fraction of sp³-hybridized carbons (Fsp3) is 0.207. The maximum absolute atomic E-state index is 13.6. The molecule has 0 unspecified atom stereocenters. The molecular weight excluding hydrogens is 454 g/mol. The Balaban J connectivity index is 1.62. The van der Waals surface area contributed by atoms with Crippen molar-refractivity contribution in [3.8, 4) is 6.07 Å². The van der Waals surface area contributed by atoms with Gasteiger partial charge in [-0.1, -0.05) is 84.1 Å². The Morgan fingerprint density at radius 3 is 2.37 bits per heavy atom. The summed E-state index contributed by atoms with van der Waals surface area (Å²) in [5.41, 5.74) is 4.97. The van der Waals surface area contributed by atoms with Crippen LogP contribution in [-0.4, -0.2) is 23.6 Å². The normalized spacial score (nSPS) is 16.7. The number of nitrogens with one attached hydrogen (secondary N) is 1. The van der Waals surface area contributed by atoms with Crippen LogP contribution >= 0.6 is 11.8 Å². The molecule has 1 heterocycles. The number of anilines is 1. The number of nitriles is 1. The number of carbonyl (C=O) groups excluding carboxylic acids is 2. The largest absolute Gasteiger partial charge is 0.351 e. The lowest BCUT2D eigenvalue weighted by molar-refractivity contribution is -0.117. The monoisotopic (exact) mass is 481 g/mol. The highest BCUT2D eigenvalue weighted by Crippen LogP contribution is 2.42. The van der Waals surface area contributed by atoms with E-state index in [1.54, 1.807) is 0 Å². The zero-order chi connectivity index (χ0) is 24.8. The maximum atomic E-state index is 13.6. The lowest BCUT2D eigenvalue weighted by atomic mass is 10.0. The minimum absolute atomic E-state index is 0.0377. The Kier molecular flexibility index (Phi) is 7.69. The van der Waals surface area contributed by atoms with Crippen molar-refractivity contribution in [3.05, 3.63) is 112 Å². The molecule has 35 heavy (non-hydrogen) atoms. The summed E-state index contributed by atoms with van der Waals surface area (Å²) in [6, 6.07) is 27.4. The summed E-state index contributed by atoms with van der Waals surface area (Å²) >= 11 is 1.29. The van der Waals surface area contributed by atoms with Crippen LogP contribution in [0.2, 0.25) is 0 Å². The predicted molar refractivity (Wildman–Crippen MR) is 141 cm³/mol. The minimum atomic E-state index is -0.465. The molecule has 0 radical (unpaired) electrons. The highest BCUT2D eigenvalue weighted by molar-refractivity contribution is 8.05. The lowest BCUT2D eigenvalue weighted by Gasteiger charge is -2.19. The van der Waals surface area contributed by atoms with Crippen LogP contribution in [0.4, 0.5) is 5.69 Å². The first-order valence-electron chi connectivity index (χ1n) is 11.6. The predicted octanol–water partition coefficient (Wildman–Crippen LogP) is 5.09. The van der Waals surface area contributed by atoms with E-state index >= 15 is 0 Å². The molecule has 0 saturated carbocycles. The van der Waals surface area contributed by atoms with E-state index in [0.717, 1.165) is 22.3 Å². The number of hydrogen-bond donors (Lipinski definition) is 1. The van der Waals surface area contributed by atoms with Gasteiger partial charge in [0.15, 0.2) is 0 Å². The number of amides is 2. The van der Waals surface area contributed by atoms with Crippen LogP contribution in [0, 0.1) is 25.2 Å². The van der Waals surface area contributed by atoms with Gasteiger partial charge in [-0.2, -0.15) is 5.26 Å². The zero-order valence-corrected chi connectivity index (χ0v) is 20.6. The summed E-state index contributed by atoms with van der Waals surface area (Å²) in [7, 11) is 0. The van der Waals surface area contributed by atoms with Gasteiger partial charge in [0.1, 0.15) is 16.7 Å². The van der Waals surface area contributed by atoms with Crippen LogP contribution in [0.1, 0.15) is 22.3 Å². The molecule has 0 bridgehead atoms. The van der Waals surface area contributed by atoms with E-state index in [4.69, 9.17) is 0 Å². The Bertz CT molecular complexity index is 1290. The van der Waals surface area contributed by atoms with Gasteiger partial charge < -0.3 is 5.32 Å². The Morgan fingerprint density at radius 2 is 1.69 bits per heavy atom. The van der Waals surface area contributed by atoms with Crippen molar-refractivity contribution in [2.24, 2.45) is 0 Å². The van der Waals surface area contributed by atoms with Crippen molar-refractivity contribution in [2.75, 3.05) is 11.4 Å². The number of rotatable bonds is 7. The Labute approximate surface area is 210 Å². The van der Waals surface area contributed by atoms with Crippen molar-refractivity contribution < 1.29 is 9.59 Å². The summed E-state index contributed by atoms with van der Waals surface area (Å²) < 4.78 is 0. The van der Waals surface area contributed by atoms with Gasteiger partial charge in [0.05, 0.1) is 5.25 Å². The second-order valence-electron chi connectivity index (χ2n) is 8.53. The van der Waals surface area contributed by atoms with E-state index in [9.17, 15) is 14.9 Å². The van der Waals surface area contributed by atoms with Gasteiger partial charge in [-0.05, 0) is 55.5 Å². The molecule has 0 aromatic heterocycles. The third-order valence-corrected chi connectivity index (χ3v) is 7.27. The highest BCUT2D eigenvalue weighted by Gasteiger charge is 2.40. The van der Waals surface area contributed by atoms with Crippen molar-refractivity contribution in [1.29, 1.82) is 5.26 Å². The third-order valence-electron chi connectivity index (χ3n) is 6.01. The van der Waals surface area contributed by atoms with E-state index in [-0.39, 0.29) is 11.5 Å². The summed E-state index contributed by atoms with van der Waals surface area (Å²) in [6.45, 7) is 4.40. The fourth-order valence-electron chi connectivity index (χ4n) is 4.01. The summed E-state index contributed by atoms with van der Waals surface area (Å²) in [6.07, 6.45) is 1.18. The number of carbonyl (C=O) groups is 2. The van der Waals surface area contributed by atoms with E-state index in [1.807, 2.05) is 92.7 Å². The molecule has 1 atom stereocenters. The summed E-state index contributed by atoms with van der Waals surface area (Å²) in [5.74, 6) is -0.589. The Hall–Kier alpha value is -3.82. The molecule has 4 rings (SSSR count). The minimum Gasteiger partial charge on any atom is -0.351 e. The number of nitrogens with zero attached hydrogens (tertiary/aromatic N) is 2. The van der Waals surface area contributed by atoms with Crippen molar-refractivity contribution in [1.82, 2.24) is 5.32 Å². The molecular formula is C29H27N3O2S. The van der Waals surface area contributed by atoms with Gasteiger partial charge in [0.25, 0.3) is 5.91 Å². The van der Waals surface area contributed by atoms with E-state index in [0.29, 0.717) is 30.1 Å². The maximum Gasteiger partial charge on any atom is 0.264 e. The SMILES string of the molecule is Cc1ccc(N2C(=O)[C@H](Cc3ccccc3C)S/C2=C(\C#N)C(=O)NCCc2ccccc2)cc1. The topological polar surface area (TPSA) is 73.2 Å². The first-order chi connectivity index (χ1) is 17.0. The van der Waals surface area contributed by atoms with E-state index < -0.39 is 11.2 Å². The molecule has 1 aliphatic heterocycles. The molecule has 5 nitrogen and oxygen atoms in total. The molecule has 1 saturated heterocycles. The molecule has 1 aliphatic rings. The van der Waals surface area contributed by atoms with Crippen LogP contribution in [-0.2, 0) is 22.4 Å². The van der Waals surface area contributed by atoms with Crippen molar-refractivity contribution in [3.63, 3.8) is 0 Å². The zero-order valence-electron chi connectivity index (χ0n) is 19.8. The van der Waals surface area contributed by atoms with E-state index in [1.165, 1.54) is 16.7 Å². The molecule has 3 aromatic carbocycles. The smallest absolute Gasteiger partial charge is 0.264 e. The van der Waals surface area contributed by atoms with Gasteiger partial charge >= 0.3 is 0 Å². The van der Waals surface area contributed by atoms with Gasteiger partial charge in [-0.3, -0.25) is 14.5 Å². The van der Waals surface area contributed by atoms with Gasteiger partial charge in [0.2, 0.25) is 5.91 Å². The average molecular weight is 482 g/mol. The molecule has 0 aliphatic carbocycles. The average Bonchev–Trinajstić information content (AvgIpc) is 3.17. The van der Waals surface area contributed by atoms with Crippen LogP contribution in [0.5, 0.6) is 0 Å². The molecule has 0 spiro atoms. The first kappa shape index (κ1) is 24.3. The summed E-state index contributed by atoms with van der Waals surface area (Å²) in [4.78, 5) is 28.2. The second kappa shape index (κ2) is 11.1. The molecule has 2 amide bonds. The van der Waals surface area contributed by atoms with Crippen LogP contribution in [0.15, 0.2) is 89.5 Å². The van der Waals surface area contributed by atoms with Crippen molar-refractivity contribution >= 4 is 29.3 Å². The number of thioether (sulfide) groups is 1. The molecule has 1 fully saturated rings. The second-order valence-corrected chi connectivity index (χ2v) is 9.72. The van der Waals surface area contributed by atoms with Gasteiger partial charge in [-0.15, -0.1) is 0 Å². The van der Waals surface area contributed by atoms with Crippen LogP contribution in [0.3, 0.4) is 0 Å². The van der Waals surface area contributed by atoms with E-state index in [2.05, 4.69) is 11.4 Å². The summed E-state index contributed by atoms with van der Waals surface area (Å²) in [5, 5.41) is 12.8. The molecule has 176 valence electrons. The van der Waals surface area contributed by atoms with Gasteiger partial charge in [0, 0.05) is 12.2 Å². The number of aryl methyl sites for hydroxylation is 2. The number of hydrogen-bond acceptors (Lipinski definition) is 4. The fourth-order valence-corrected chi connectivity index (χ4v) is 5.30. The first-order valence-corrected chi connectivity index (χ1v) is 12.4. The van der Waals surface area contributed by atoms with Crippen molar-refractivity contribution in [2.45, 2.75) is 31.9 Å². The Morgan fingerprint density at radius 1 is 1.00 bits per heavy atom. The third kappa shape index (κ3) is 5.64. The molecule has 3 aromatic rings. The van der Waals surface area contributed by atoms with Crippen LogP contribution in [0.25, 0.3) is 0 Å².